The van der Waals surface area contributed by atoms with Crippen LogP contribution < -0.4 is 5.32 Å². The molecule has 1 amide bonds. The number of halogens is 2. The molecule has 0 atom stereocenters. The highest BCUT2D eigenvalue weighted by atomic mass is 79.9. The van der Waals surface area contributed by atoms with E-state index in [0.717, 1.165) is 12.8 Å². The van der Waals surface area contributed by atoms with E-state index in [1.165, 1.54) is 12.1 Å². The molecule has 0 spiro atoms. The average molecular weight is 365 g/mol. The van der Waals surface area contributed by atoms with Gasteiger partial charge in [-0.05, 0) is 31.0 Å². The average Bonchev–Trinajstić information content (AvgIpc) is 2.79. The van der Waals surface area contributed by atoms with E-state index in [2.05, 4.69) is 21.2 Å². The first-order valence-electron chi connectivity index (χ1n) is 5.57. The zero-order chi connectivity index (χ0) is 14.0. The predicted molar refractivity (Wildman–Crippen MR) is 76.8 cm³/mol. The zero-order valence-corrected chi connectivity index (χ0v) is 12.9. The molecule has 1 aromatic carbocycles. The van der Waals surface area contributed by atoms with Crippen molar-refractivity contribution in [1.29, 1.82) is 0 Å². The normalized spacial score (nSPS) is 15.7. The molecular formula is C12H11BrClNO3S. The fraction of sp³-hybridized carbons (Fsp3) is 0.250. The number of carbonyl (C=O) groups is 1. The monoisotopic (exact) mass is 363 g/mol. The minimum Gasteiger partial charge on any atom is -0.349 e. The molecule has 102 valence electrons. The molecule has 0 radical (unpaired) electrons. The van der Waals surface area contributed by atoms with Gasteiger partial charge in [-0.15, -0.1) is 0 Å². The first-order valence-corrected chi connectivity index (χ1v) is 8.67. The maximum atomic E-state index is 12.0. The summed E-state index contributed by atoms with van der Waals surface area (Å²) in [5, 5.41) is 2.84. The quantitative estimate of drug-likeness (QED) is 0.662. The van der Waals surface area contributed by atoms with Crippen LogP contribution in [0.2, 0.25) is 0 Å². The van der Waals surface area contributed by atoms with E-state index in [1.807, 2.05) is 12.2 Å². The minimum absolute atomic E-state index is 0.0718. The molecule has 7 heteroatoms. The van der Waals surface area contributed by atoms with Gasteiger partial charge < -0.3 is 5.32 Å². The molecule has 1 N–H and O–H groups in total. The molecule has 0 heterocycles. The number of rotatable bonds is 3. The van der Waals surface area contributed by atoms with Gasteiger partial charge in [0, 0.05) is 26.8 Å². The number of benzene rings is 1. The number of amides is 1. The molecule has 2 rings (SSSR count). The molecule has 0 bridgehead atoms. The maximum absolute atomic E-state index is 12.0. The summed E-state index contributed by atoms with van der Waals surface area (Å²) in [5.74, 6) is -0.309. The second kappa shape index (κ2) is 5.64. The minimum atomic E-state index is -3.86. The van der Waals surface area contributed by atoms with Crippen LogP contribution in [0.1, 0.15) is 23.2 Å². The van der Waals surface area contributed by atoms with Gasteiger partial charge in [0.2, 0.25) is 0 Å². The van der Waals surface area contributed by atoms with Crippen molar-refractivity contribution in [2.45, 2.75) is 23.8 Å². The van der Waals surface area contributed by atoms with E-state index in [1.54, 1.807) is 6.07 Å². The molecule has 0 saturated heterocycles. The van der Waals surface area contributed by atoms with Crippen LogP contribution in [0.15, 0.2) is 39.7 Å². The summed E-state index contributed by atoms with van der Waals surface area (Å²) < 4.78 is 23.1. The lowest BCUT2D eigenvalue weighted by molar-refractivity contribution is 0.0938. The van der Waals surface area contributed by atoms with Crippen LogP contribution in [0, 0.1) is 0 Å². The van der Waals surface area contributed by atoms with Gasteiger partial charge in [0.15, 0.2) is 0 Å². The molecule has 1 aliphatic carbocycles. The summed E-state index contributed by atoms with van der Waals surface area (Å²) in [7, 11) is 1.43. The number of nitrogens with one attached hydrogen (secondary N) is 1. The van der Waals surface area contributed by atoms with Crippen molar-refractivity contribution in [3.05, 3.63) is 40.4 Å². The van der Waals surface area contributed by atoms with Gasteiger partial charge in [-0.25, -0.2) is 8.42 Å². The maximum Gasteiger partial charge on any atom is 0.261 e. The highest BCUT2D eigenvalue weighted by Gasteiger charge is 2.18. The smallest absolute Gasteiger partial charge is 0.261 e. The Morgan fingerprint density at radius 3 is 2.47 bits per heavy atom. The molecule has 0 fully saturated rings. The number of hydrogen-bond acceptors (Lipinski definition) is 3. The summed E-state index contributed by atoms with van der Waals surface area (Å²) in [6, 6.07) is 4.26. The van der Waals surface area contributed by atoms with Crippen molar-refractivity contribution >= 4 is 41.6 Å². The summed E-state index contributed by atoms with van der Waals surface area (Å²) in [4.78, 5) is 11.9. The Labute approximate surface area is 124 Å². The van der Waals surface area contributed by atoms with Crippen molar-refractivity contribution in [2.75, 3.05) is 0 Å². The van der Waals surface area contributed by atoms with Crippen molar-refractivity contribution < 1.29 is 13.2 Å². The summed E-state index contributed by atoms with van der Waals surface area (Å²) in [6.45, 7) is 0. The Kier molecular flexibility index (Phi) is 4.32. The molecule has 1 aliphatic rings. The van der Waals surface area contributed by atoms with Gasteiger partial charge in [-0.2, -0.15) is 0 Å². The van der Waals surface area contributed by atoms with E-state index < -0.39 is 9.05 Å². The van der Waals surface area contributed by atoms with Crippen LogP contribution in [0.25, 0.3) is 0 Å². The van der Waals surface area contributed by atoms with Gasteiger partial charge in [-0.1, -0.05) is 28.1 Å². The Bertz CT molecular complexity index is 634. The Balaban J connectivity index is 2.24. The van der Waals surface area contributed by atoms with Crippen LogP contribution in [-0.4, -0.2) is 20.4 Å². The van der Waals surface area contributed by atoms with E-state index >= 15 is 0 Å². The topological polar surface area (TPSA) is 63.2 Å². The second-order valence-electron chi connectivity index (χ2n) is 4.23. The molecule has 1 aromatic rings. The molecular weight excluding hydrogens is 354 g/mol. The first-order chi connectivity index (χ1) is 8.86. The first kappa shape index (κ1) is 14.6. The van der Waals surface area contributed by atoms with E-state index in [4.69, 9.17) is 10.7 Å². The van der Waals surface area contributed by atoms with Gasteiger partial charge in [0.05, 0.1) is 4.90 Å². The highest BCUT2D eigenvalue weighted by molar-refractivity contribution is 9.10. The van der Waals surface area contributed by atoms with Crippen LogP contribution in [-0.2, 0) is 9.05 Å². The van der Waals surface area contributed by atoms with Gasteiger partial charge in [-0.3, -0.25) is 4.79 Å². The molecule has 19 heavy (non-hydrogen) atoms. The Morgan fingerprint density at radius 1 is 1.26 bits per heavy atom. The Morgan fingerprint density at radius 2 is 1.89 bits per heavy atom. The van der Waals surface area contributed by atoms with Gasteiger partial charge in [0.1, 0.15) is 0 Å². The van der Waals surface area contributed by atoms with Gasteiger partial charge >= 0.3 is 0 Å². The predicted octanol–water partition coefficient (Wildman–Crippen LogP) is 2.83. The van der Waals surface area contributed by atoms with Crippen molar-refractivity contribution in [1.82, 2.24) is 5.32 Å². The molecule has 0 aromatic heterocycles. The summed E-state index contributed by atoms with van der Waals surface area (Å²) in [5.41, 5.74) is 0.264. The van der Waals surface area contributed by atoms with E-state index in [-0.39, 0.29) is 22.4 Å². The molecule has 0 aliphatic heterocycles. The number of hydrogen-bond donors (Lipinski definition) is 1. The van der Waals surface area contributed by atoms with E-state index in [0.29, 0.717) is 4.47 Å². The van der Waals surface area contributed by atoms with Crippen LogP contribution in [0.3, 0.4) is 0 Å². The van der Waals surface area contributed by atoms with Gasteiger partial charge in [0.25, 0.3) is 15.0 Å². The lowest BCUT2D eigenvalue weighted by atomic mass is 10.2. The number of carbonyl (C=O) groups excluding carboxylic acids is 1. The molecule has 0 unspecified atom stereocenters. The van der Waals surface area contributed by atoms with Crippen molar-refractivity contribution in [2.24, 2.45) is 0 Å². The lowest BCUT2D eigenvalue weighted by Gasteiger charge is -2.12. The van der Waals surface area contributed by atoms with E-state index in [9.17, 15) is 13.2 Å². The Hall–Kier alpha value is -0.850. The van der Waals surface area contributed by atoms with Crippen LogP contribution in [0.5, 0.6) is 0 Å². The fourth-order valence-electron chi connectivity index (χ4n) is 1.84. The second-order valence-corrected chi connectivity index (χ2v) is 7.71. The fourth-order valence-corrected chi connectivity index (χ4v) is 3.29. The summed E-state index contributed by atoms with van der Waals surface area (Å²) in [6.07, 6.45) is 5.59. The van der Waals surface area contributed by atoms with Crippen LogP contribution in [0.4, 0.5) is 0 Å². The summed E-state index contributed by atoms with van der Waals surface area (Å²) >= 11 is 3.17. The third-order valence-electron chi connectivity index (χ3n) is 2.76. The molecule has 0 saturated carbocycles. The SMILES string of the molecule is O=C(NC1CC=CC1)c1cc(Br)cc(S(=O)(=O)Cl)c1. The third-order valence-corrected chi connectivity index (χ3v) is 4.55. The van der Waals surface area contributed by atoms with Crippen LogP contribution >= 0.6 is 26.6 Å². The lowest BCUT2D eigenvalue weighted by Crippen LogP contribution is -2.32. The standard InChI is InChI=1S/C12H11BrClNO3S/c13-9-5-8(6-11(7-9)19(14,17)18)12(16)15-10-3-1-2-4-10/h1-2,5-7,10H,3-4H2,(H,15,16). The zero-order valence-electron chi connectivity index (χ0n) is 9.77. The molecule has 4 nitrogen and oxygen atoms in total. The van der Waals surface area contributed by atoms with Crippen molar-refractivity contribution in [3.8, 4) is 0 Å². The van der Waals surface area contributed by atoms with Crippen molar-refractivity contribution in [3.63, 3.8) is 0 Å². The highest BCUT2D eigenvalue weighted by Crippen LogP contribution is 2.22. The largest absolute Gasteiger partial charge is 0.349 e. The third kappa shape index (κ3) is 3.81.